The lowest BCUT2D eigenvalue weighted by Crippen LogP contribution is -2.02. The SMILES string of the molecule is C=CCSOS(=O)(=O)OO. The van der Waals surface area contributed by atoms with Crippen molar-refractivity contribution in [3.63, 3.8) is 0 Å². The first-order valence-electron chi connectivity index (χ1n) is 2.12. The highest BCUT2D eigenvalue weighted by Crippen LogP contribution is 2.08. The van der Waals surface area contributed by atoms with Crippen LogP contribution in [0.1, 0.15) is 0 Å². The van der Waals surface area contributed by atoms with Crippen LogP contribution in [0.15, 0.2) is 12.7 Å². The second-order valence-electron chi connectivity index (χ2n) is 1.12. The van der Waals surface area contributed by atoms with E-state index in [0.717, 1.165) is 0 Å². The molecule has 0 aromatic carbocycles. The molecule has 1 N–H and O–H groups in total. The van der Waals surface area contributed by atoms with Gasteiger partial charge >= 0.3 is 10.4 Å². The van der Waals surface area contributed by atoms with Gasteiger partial charge in [-0.25, -0.2) is 5.26 Å². The number of hydrogen-bond acceptors (Lipinski definition) is 6. The summed E-state index contributed by atoms with van der Waals surface area (Å²) in [6.45, 7) is 3.31. The molecule has 5 nitrogen and oxygen atoms in total. The van der Waals surface area contributed by atoms with Crippen molar-refractivity contribution >= 4 is 22.4 Å². The standard InChI is InChI=1S/C3H6O5S2/c1-2-3-9-8-10(5,6)7-4/h2,4H,1,3H2. The van der Waals surface area contributed by atoms with E-state index < -0.39 is 10.4 Å². The Morgan fingerprint density at radius 3 is 2.70 bits per heavy atom. The molecule has 60 valence electrons. The highest BCUT2D eigenvalue weighted by Gasteiger charge is 2.10. The molecule has 0 heterocycles. The topological polar surface area (TPSA) is 72.8 Å². The molecule has 10 heavy (non-hydrogen) atoms. The molecule has 0 aromatic heterocycles. The van der Waals surface area contributed by atoms with Gasteiger partial charge in [-0.3, -0.25) is 0 Å². The molecule has 0 aliphatic rings. The largest absolute Gasteiger partial charge is 0.437 e. The minimum absolute atomic E-state index is 0.294. The van der Waals surface area contributed by atoms with E-state index in [4.69, 9.17) is 5.26 Å². The van der Waals surface area contributed by atoms with Crippen LogP contribution in [0.25, 0.3) is 0 Å². The summed E-state index contributed by atoms with van der Waals surface area (Å²) in [6.07, 6.45) is 1.44. The summed E-state index contributed by atoms with van der Waals surface area (Å²) in [6, 6.07) is 0. The van der Waals surface area contributed by atoms with E-state index in [1.54, 1.807) is 0 Å². The van der Waals surface area contributed by atoms with Crippen molar-refractivity contribution in [2.45, 2.75) is 0 Å². The van der Waals surface area contributed by atoms with Crippen molar-refractivity contribution in [2.75, 3.05) is 5.75 Å². The van der Waals surface area contributed by atoms with Gasteiger partial charge in [-0.05, 0) is 0 Å². The van der Waals surface area contributed by atoms with E-state index >= 15 is 0 Å². The first-order chi connectivity index (χ1) is 4.62. The molecule has 7 heteroatoms. The van der Waals surface area contributed by atoms with Crippen molar-refractivity contribution in [1.29, 1.82) is 0 Å². The molecule has 0 spiro atoms. The van der Waals surface area contributed by atoms with Gasteiger partial charge in [0.05, 0.1) is 0 Å². The Morgan fingerprint density at radius 1 is 1.70 bits per heavy atom. The molecule has 0 fully saturated rings. The molecule has 0 rings (SSSR count). The average molecular weight is 186 g/mol. The molecule has 0 radical (unpaired) electrons. The lowest BCUT2D eigenvalue weighted by molar-refractivity contribution is -0.137. The van der Waals surface area contributed by atoms with Crippen LogP contribution in [-0.2, 0) is 18.4 Å². The zero-order valence-electron chi connectivity index (χ0n) is 4.89. The summed E-state index contributed by atoms with van der Waals surface area (Å²) in [4.78, 5) is 0. The van der Waals surface area contributed by atoms with Gasteiger partial charge in [0.15, 0.2) is 0 Å². The van der Waals surface area contributed by atoms with E-state index in [1.807, 2.05) is 0 Å². The molecule has 0 aliphatic carbocycles. The highest BCUT2D eigenvalue weighted by molar-refractivity contribution is 8.03. The maximum absolute atomic E-state index is 10.1. The molecule has 0 atom stereocenters. The van der Waals surface area contributed by atoms with Gasteiger partial charge in [0.25, 0.3) is 0 Å². The van der Waals surface area contributed by atoms with Gasteiger partial charge in [-0.2, -0.15) is 12.0 Å². The van der Waals surface area contributed by atoms with Crippen molar-refractivity contribution in [3.05, 3.63) is 12.7 Å². The van der Waals surface area contributed by atoms with Crippen molar-refractivity contribution < 1.29 is 21.6 Å². The minimum Gasteiger partial charge on any atom is -0.233 e. The molecular formula is C3H6O5S2. The van der Waals surface area contributed by atoms with Crippen LogP contribution in [0.5, 0.6) is 0 Å². The summed E-state index contributed by atoms with van der Waals surface area (Å²) in [5.41, 5.74) is 0. The summed E-state index contributed by atoms with van der Waals surface area (Å²) >= 11 is 0.594. The predicted octanol–water partition coefficient (Wildman–Crippen LogP) is 0.572. The van der Waals surface area contributed by atoms with Crippen LogP contribution in [0.4, 0.5) is 0 Å². The number of rotatable bonds is 5. The summed E-state index contributed by atoms with van der Waals surface area (Å²) in [7, 11) is -4.22. The van der Waals surface area contributed by atoms with Crippen LogP contribution in [-0.4, -0.2) is 19.4 Å². The predicted molar refractivity (Wildman–Crippen MR) is 36.4 cm³/mol. The summed E-state index contributed by atoms with van der Waals surface area (Å²) < 4.78 is 27.2. The quantitative estimate of drug-likeness (QED) is 0.222. The zero-order chi connectivity index (χ0) is 8.04. The Hall–Kier alpha value is -0.0800. The Labute approximate surface area is 63.1 Å². The van der Waals surface area contributed by atoms with Gasteiger partial charge in [0.1, 0.15) is 0 Å². The Bertz CT molecular complexity index is 183. The normalized spacial score (nSPS) is 11.3. The summed E-state index contributed by atoms with van der Waals surface area (Å²) in [5, 5.41) is 7.64. The third-order valence-corrected chi connectivity index (χ3v) is 2.01. The molecule has 0 bridgehead atoms. The molecule has 0 unspecified atom stereocenters. The molecular weight excluding hydrogens is 180 g/mol. The maximum Gasteiger partial charge on any atom is 0.437 e. The van der Waals surface area contributed by atoms with Gasteiger partial charge < -0.3 is 0 Å². The van der Waals surface area contributed by atoms with Crippen LogP contribution >= 0.6 is 12.0 Å². The zero-order valence-corrected chi connectivity index (χ0v) is 6.52. The molecule has 0 aromatic rings. The second kappa shape index (κ2) is 4.69. The molecule has 0 amide bonds. The van der Waals surface area contributed by atoms with E-state index in [2.05, 4.69) is 14.5 Å². The van der Waals surface area contributed by atoms with Gasteiger partial charge in [-0.1, -0.05) is 10.4 Å². The maximum atomic E-state index is 10.1. The first-order valence-corrected chi connectivity index (χ1v) is 4.37. The van der Waals surface area contributed by atoms with Gasteiger partial charge in [0.2, 0.25) is 0 Å². The number of hydrogen-bond donors (Lipinski definition) is 1. The van der Waals surface area contributed by atoms with E-state index in [1.165, 1.54) is 6.08 Å². The average Bonchev–Trinajstić information content (AvgIpc) is 1.89. The summed E-state index contributed by atoms with van der Waals surface area (Å²) in [5.74, 6) is 0.294. The van der Waals surface area contributed by atoms with Gasteiger partial charge in [-0.15, -0.1) is 6.58 Å². The van der Waals surface area contributed by atoms with E-state index in [-0.39, 0.29) is 0 Å². The fourth-order valence-electron chi connectivity index (χ4n) is 0.147. The second-order valence-corrected chi connectivity index (χ2v) is 3.20. The monoisotopic (exact) mass is 186 g/mol. The van der Waals surface area contributed by atoms with Crippen molar-refractivity contribution in [2.24, 2.45) is 0 Å². The van der Waals surface area contributed by atoms with Crippen LogP contribution in [0.3, 0.4) is 0 Å². The lowest BCUT2D eigenvalue weighted by atomic mass is 10.8. The smallest absolute Gasteiger partial charge is 0.233 e. The van der Waals surface area contributed by atoms with Gasteiger partial charge in [0, 0.05) is 17.8 Å². The third kappa shape index (κ3) is 4.77. The highest BCUT2D eigenvalue weighted by atomic mass is 32.3. The van der Waals surface area contributed by atoms with Crippen molar-refractivity contribution in [3.8, 4) is 0 Å². The van der Waals surface area contributed by atoms with E-state index in [9.17, 15) is 8.42 Å². The van der Waals surface area contributed by atoms with Crippen LogP contribution in [0, 0.1) is 0 Å². The third-order valence-electron chi connectivity index (χ3n) is 0.409. The molecule has 0 saturated carbocycles. The Morgan fingerprint density at radius 2 is 2.30 bits per heavy atom. The van der Waals surface area contributed by atoms with Crippen LogP contribution < -0.4 is 0 Å². The fraction of sp³-hybridized carbons (Fsp3) is 0.333. The lowest BCUT2D eigenvalue weighted by Gasteiger charge is -1.95. The Kier molecular flexibility index (Phi) is 4.65. The first kappa shape index (κ1) is 9.92. The van der Waals surface area contributed by atoms with Crippen molar-refractivity contribution in [1.82, 2.24) is 0 Å². The fourth-order valence-corrected chi connectivity index (χ4v) is 1.04. The minimum atomic E-state index is -4.22. The molecule has 0 aliphatic heterocycles. The van der Waals surface area contributed by atoms with E-state index in [0.29, 0.717) is 17.8 Å². The molecule has 0 saturated heterocycles. The van der Waals surface area contributed by atoms with Crippen LogP contribution in [0.2, 0.25) is 0 Å². The Balaban J connectivity index is 3.58.